The SMILES string of the molecule is CC(Oc1cc(Br)ccc1[C@@H](C)O)C(N)=O. The van der Waals surface area contributed by atoms with Gasteiger partial charge in [0.2, 0.25) is 0 Å². The lowest BCUT2D eigenvalue weighted by atomic mass is 10.1. The minimum absolute atomic E-state index is 0.454. The molecule has 1 rings (SSSR count). The standard InChI is InChI=1S/C11H14BrNO3/c1-6(14)9-4-3-8(12)5-10(9)16-7(2)11(13)15/h3-7,14H,1-2H3,(H2,13,15)/t6-,7?/m1/s1. The second kappa shape index (κ2) is 5.32. The monoisotopic (exact) mass is 287 g/mol. The third kappa shape index (κ3) is 3.21. The van der Waals surface area contributed by atoms with Crippen LogP contribution in [-0.4, -0.2) is 17.1 Å². The number of ether oxygens (including phenoxy) is 1. The lowest BCUT2D eigenvalue weighted by Gasteiger charge is -2.16. The molecule has 0 saturated carbocycles. The number of nitrogens with two attached hydrogens (primary N) is 1. The van der Waals surface area contributed by atoms with Crippen LogP contribution in [0.25, 0.3) is 0 Å². The highest BCUT2D eigenvalue weighted by molar-refractivity contribution is 9.10. The first-order chi connectivity index (χ1) is 7.41. The number of primary amides is 1. The van der Waals surface area contributed by atoms with E-state index >= 15 is 0 Å². The molecule has 0 fully saturated rings. The first-order valence-corrected chi connectivity index (χ1v) is 5.64. The van der Waals surface area contributed by atoms with Gasteiger partial charge >= 0.3 is 0 Å². The van der Waals surface area contributed by atoms with Gasteiger partial charge in [0.25, 0.3) is 5.91 Å². The second-order valence-corrected chi connectivity index (χ2v) is 4.44. The zero-order valence-electron chi connectivity index (χ0n) is 9.11. The number of benzene rings is 1. The number of aliphatic hydroxyl groups is 1. The van der Waals surface area contributed by atoms with E-state index in [4.69, 9.17) is 10.5 Å². The lowest BCUT2D eigenvalue weighted by Crippen LogP contribution is -2.31. The van der Waals surface area contributed by atoms with Gasteiger partial charge in [-0.05, 0) is 26.0 Å². The van der Waals surface area contributed by atoms with Crippen LogP contribution in [0.3, 0.4) is 0 Å². The molecule has 5 heteroatoms. The summed E-state index contributed by atoms with van der Waals surface area (Å²) in [6, 6.07) is 5.23. The topological polar surface area (TPSA) is 72.6 Å². The Labute approximate surface area is 103 Å². The van der Waals surface area contributed by atoms with Crippen LogP contribution >= 0.6 is 15.9 Å². The highest BCUT2D eigenvalue weighted by Gasteiger charge is 2.15. The van der Waals surface area contributed by atoms with Crippen molar-refractivity contribution in [2.24, 2.45) is 5.73 Å². The number of aliphatic hydroxyl groups excluding tert-OH is 1. The highest BCUT2D eigenvalue weighted by Crippen LogP contribution is 2.29. The Balaban J connectivity index is 3.01. The van der Waals surface area contributed by atoms with Crippen molar-refractivity contribution in [1.29, 1.82) is 0 Å². The molecule has 1 unspecified atom stereocenters. The number of carbonyl (C=O) groups excluding carboxylic acids is 1. The minimum Gasteiger partial charge on any atom is -0.480 e. The number of amides is 1. The van der Waals surface area contributed by atoms with Gasteiger partial charge in [-0.1, -0.05) is 22.0 Å². The van der Waals surface area contributed by atoms with E-state index in [1.54, 1.807) is 32.0 Å². The molecule has 4 nitrogen and oxygen atoms in total. The average molecular weight is 288 g/mol. The molecule has 1 aromatic carbocycles. The molecule has 0 heterocycles. The first-order valence-electron chi connectivity index (χ1n) is 4.85. The summed E-state index contributed by atoms with van der Waals surface area (Å²) in [6.07, 6.45) is -1.39. The minimum atomic E-state index is -0.730. The zero-order chi connectivity index (χ0) is 12.3. The Morgan fingerprint density at radius 3 is 2.62 bits per heavy atom. The van der Waals surface area contributed by atoms with Crippen molar-refractivity contribution in [3.05, 3.63) is 28.2 Å². The number of halogens is 1. The summed E-state index contributed by atoms with van der Waals surface area (Å²) in [7, 11) is 0. The highest BCUT2D eigenvalue weighted by atomic mass is 79.9. The second-order valence-electron chi connectivity index (χ2n) is 3.52. The Morgan fingerprint density at radius 2 is 2.12 bits per heavy atom. The fourth-order valence-electron chi connectivity index (χ4n) is 1.20. The summed E-state index contributed by atoms with van der Waals surface area (Å²) in [6.45, 7) is 3.19. The summed E-state index contributed by atoms with van der Waals surface area (Å²) in [5, 5.41) is 9.54. The van der Waals surface area contributed by atoms with E-state index in [-0.39, 0.29) is 0 Å². The summed E-state index contributed by atoms with van der Waals surface area (Å²) >= 11 is 3.29. The smallest absolute Gasteiger partial charge is 0.258 e. The van der Waals surface area contributed by atoms with Gasteiger partial charge in [0, 0.05) is 10.0 Å². The molecule has 0 spiro atoms. The summed E-state index contributed by atoms with van der Waals surface area (Å²) in [5.41, 5.74) is 5.73. The van der Waals surface area contributed by atoms with Gasteiger partial charge in [0.1, 0.15) is 5.75 Å². The molecule has 3 N–H and O–H groups in total. The molecule has 16 heavy (non-hydrogen) atoms. The van der Waals surface area contributed by atoms with Crippen molar-refractivity contribution in [2.45, 2.75) is 26.1 Å². The van der Waals surface area contributed by atoms with Gasteiger partial charge in [-0.15, -0.1) is 0 Å². The van der Waals surface area contributed by atoms with Crippen molar-refractivity contribution in [2.75, 3.05) is 0 Å². The Kier molecular flexibility index (Phi) is 4.32. The van der Waals surface area contributed by atoms with Crippen LogP contribution in [0.4, 0.5) is 0 Å². The quantitative estimate of drug-likeness (QED) is 0.886. The summed E-state index contributed by atoms with van der Waals surface area (Å²) in [4.78, 5) is 10.9. The third-order valence-electron chi connectivity index (χ3n) is 2.13. The van der Waals surface area contributed by atoms with Crippen LogP contribution in [0.15, 0.2) is 22.7 Å². The maximum absolute atomic E-state index is 10.9. The van der Waals surface area contributed by atoms with Gasteiger partial charge in [-0.3, -0.25) is 4.79 Å². The van der Waals surface area contributed by atoms with E-state index in [0.717, 1.165) is 4.47 Å². The van der Waals surface area contributed by atoms with Gasteiger partial charge < -0.3 is 15.6 Å². The molecule has 88 valence electrons. The van der Waals surface area contributed by atoms with E-state index in [1.807, 2.05) is 0 Å². The van der Waals surface area contributed by atoms with E-state index in [2.05, 4.69) is 15.9 Å². The van der Waals surface area contributed by atoms with Crippen molar-refractivity contribution in [3.63, 3.8) is 0 Å². The number of carbonyl (C=O) groups is 1. The number of hydrogen-bond acceptors (Lipinski definition) is 3. The molecule has 2 atom stereocenters. The fourth-order valence-corrected chi connectivity index (χ4v) is 1.54. The maximum atomic E-state index is 10.9. The predicted octanol–water partition coefficient (Wildman–Crippen LogP) is 1.75. The molecule has 0 aliphatic rings. The maximum Gasteiger partial charge on any atom is 0.258 e. The Morgan fingerprint density at radius 1 is 1.50 bits per heavy atom. The van der Waals surface area contributed by atoms with Crippen LogP contribution < -0.4 is 10.5 Å². The van der Waals surface area contributed by atoms with Crippen molar-refractivity contribution < 1.29 is 14.6 Å². The van der Waals surface area contributed by atoms with Crippen LogP contribution in [0.2, 0.25) is 0 Å². The van der Waals surface area contributed by atoms with Gasteiger partial charge in [-0.25, -0.2) is 0 Å². The van der Waals surface area contributed by atoms with Gasteiger partial charge in [0.05, 0.1) is 6.10 Å². The molecular formula is C11H14BrNO3. The Bertz CT molecular complexity index is 393. The van der Waals surface area contributed by atoms with E-state index in [9.17, 15) is 9.90 Å². The number of hydrogen-bond donors (Lipinski definition) is 2. The molecule has 0 aliphatic heterocycles. The van der Waals surface area contributed by atoms with Crippen molar-refractivity contribution in [1.82, 2.24) is 0 Å². The molecule has 1 aromatic rings. The van der Waals surface area contributed by atoms with Gasteiger partial charge in [0.15, 0.2) is 6.10 Å². The molecular weight excluding hydrogens is 274 g/mol. The van der Waals surface area contributed by atoms with Crippen LogP contribution in [-0.2, 0) is 4.79 Å². The molecule has 1 amide bonds. The molecule has 0 radical (unpaired) electrons. The Hall–Kier alpha value is -1.07. The van der Waals surface area contributed by atoms with Crippen LogP contribution in [0.1, 0.15) is 25.5 Å². The molecule has 0 aliphatic carbocycles. The molecule has 0 saturated heterocycles. The van der Waals surface area contributed by atoms with Gasteiger partial charge in [-0.2, -0.15) is 0 Å². The van der Waals surface area contributed by atoms with E-state index in [0.29, 0.717) is 11.3 Å². The largest absolute Gasteiger partial charge is 0.480 e. The normalized spacial score (nSPS) is 14.2. The average Bonchev–Trinajstić information content (AvgIpc) is 2.16. The first kappa shape index (κ1) is 13.0. The number of rotatable bonds is 4. The third-order valence-corrected chi connectivity index (χ3v) is 2.62. The van der Waals surface area contributed by atoms with E-state index < -0.39 is 18.1 Å². The summed E-state index contributed by atoms with van der Waals surface area (Å²) in [5.74, 6) is -0.0906. The molecule has 0 bridgehead atoms. The molecule has 0 aromatic heterocycles. The van der Waals surface area contributed by atoms with Crippen molar-refractivity contribution >= 4 is 21.8 Å². The lowest BCUT2D eigenvalue weighted by molar-refractivity contribution is -0.124. The zero-order valence-corrected chi connectivity index (χ0v) is 10.7. The van der Waals surface area contributed by atoms with Crippen molar-refractivity contribution in [3.8, 4) is 5.75 Å². The fraction of sp³-hybridized carbons (Fsp3) is 0.364. The van der Waals surface area contributed by atoms with Crippen LogP contribution in [0.5, 0.6) is 5.75 Å². The van der Waals surface area contributed by atoms with Crippen LogP contribution in [0, 0.1) is 0 Å². The van der Waals surface area contributed by atoms with E-state index in [1.165, 1.54) is 0 Å². The summed E-state index contributed by atoms with van der Waals surface area (Å²) < 4.78 is 6.19. The predicted molar refractivity (Wildman–Crippen MR) is 64.1 cm³/mol.